The molecule has 9 heteroatoms. The van der Waals surface area contributed by atoms with Gasteiger partial charge < -0.3 is 10.6 Å². The lowest BCUT2D eigenvalue weighted by atomic mass is 9.92. The summed E-state index contributed by atoms with van der Waals surface area (Å²) < 4.78 is 26.7. The van der Waals surface area contributed by atoms with Crippen molar-refractivity contribution in [1.82, 2.24) is 15.5 Å². The van der Waals surface area contributed by atoms with E-state index in [1.54, 1.807) is 0 Å². The molecule has 0 unspecified atom stereocenters. The number of imide groups is 1. The van der Waals surface area contributed by atoms with Gasteiger partial charge in [-0.2, -0.15) is 5.26 Å². The number of carbonyl (C=O) groups excluding carboxylic acids is 3. The summed E-state index contributed by atoms with van der Waals surface area (Å²) in [7, 11) is 0. The van der Waals surface area contributed by atoms with E-state index in [0.29, 0.717) is 17.7 Å². The van der Waals surface area contributed by atoms with Gasteiger partial charge in [-0.3, -0.25) is 14.5 Å². The highest BCUT2D eigenvalue weighted by Crippen LogP contribution is 2.31. The Balaban J connectivity index is 1.77. The molecule has 3 rings (SSSR count). The Morgan fingerprint density at radius 2 is 1.96 bits per heavy atom. The van der Waals surface area contributed by atoms with Gasteiger partial charge in [0, 0.05) is 0 Å². The highest BCUT2D eigenvalue weighted by atomic mass is 19.2. The summed E-state index contributed by atoms with van der Waals surface area (Å²) in [6, 6.07) is 4.17. The summed E-state index contributed by atoms with van der Waals surface area (Å²) in [6.45, 7) is 0.791. The molecule has 1 atom stereocenters. The SMILES string of the molecule is C[C@]1(c2ccc(F)c(F)c2)NC(=O)N(CC(=O)NC2(C#N)CCCC2)C1=O. The first kappa shape index (κ1) is 18.8. The number of nitriles is 1. The van der Waals surface area contributed by atoms with Crippen molar-refractivity contribution in [1.29, 1.82) is 5.26 Å². The third-order valence-electron chi connectivity index (χ3n) is 5.12. The van der Waals surface area contributed by atoms with Gasteiger partial charge in [-0.1, -0.05) is 6.07 Å². The van der Waals surface area contributed by atoms with Crippen molar-refractivity contribution < 1.29 is 23.2 Å². The fourth-order valence-electron chi connectivity index (χ4n) is 3.54. The zero-order valence-corrected chi connectivity index (χ0v) is 14.6. The van der Waals surface area contributed by atoms with Gasteiger partial charge in [-0.25, -0.2) is 13.6 Å². The minimum Gasteiger partial charge on any atom is -0.336 e. The third-order valence-corrected chi connectivity index (χ3v) is 5.12. The largest absolute Gasteiger partial charge is 0.336 e. The second-order valence-electron chi connectivity index (χ2n) is 7.02. The molecule has 1 saturated carbocycles. The Bertz CT molecular complexity index is 861. The number of benzene rings is 1. The van der Waals surface area contributed by atoms with E-state index in [0.717, 1.165) is 25.0 Å². The summed E-state index contributed by atoms with van der Waals surface area (Å²) in [4.78, 5) is 38.0. The summed E-state index contributed by atoms with van der Waals surface area (Å²) in [5.74, 6) is -3.61. The number of nitrogens with one attached hydrogen (secondary N) is 2. The highest BCUT2D eigenvalue weighted by molar-refractivity contribution is 6.09. The number of hydrogen-bond donors (Lipinski definition) is 2. The number of carbonyl (C=O) groups is 3. The Kier molecular flexibility index (Phi) is 4.59. The molecule has 2 fully saturated rings. The average molecular weight is 376 g/mol. The first-order valence-corrected chi connectivity index (χ1v) is 8.53. The summed E-state index contributed by atoms with van der Waals surface area (Å²) in [5, 5.41) is 14.3. The number of halogens is 2. The molecule has 0 spiro atoms. The van der Waals surface area contributed by atoms with Gasteiger partial charge in [0.05, 0.1) is 6.07 Å². The van der Waals surface area contributed by atoms with Crippen molar-refractivity contribution in [2.45, 2.75) is 43.7 Å². The molecule has 0 bridgehead atoms. The number of hydrogen-bond acceptors (Lipinski definition) is 4. The molecule has 2 aliphatic rings. The van der Waals surface area contributed by atoms with Crippen molar-refractivity contribution >= 4 is 17.8 Å². The van der Waals surface area contributed by atoms with Crippen LogP contribution in [-0.4, -0.2) is 34.8 Å². The molecule has 1 heterocycles. The Hall–Kier alpha value is -3.02. The van der Waals surface area contributed by atoms with E-state index in [1.165, 1.54) is 13.0 Å². The quantitative estimate of drug-likeness (QED) is 0.781. The molecular weight excluding hydrogens is 358 g/mol. The van der Waals surface area contributed by atoms with Gasteiger partial charge in [0.2, 0.25) is 5.91 Å². The predicted octanol–water partition coefficient (Wildman–Crippen LogP) is 1.68. The van der Waals surface area contributed by atoms with Gasteiger partial charge in [-0.15, -0.1) is 0 Å². The molecule has 0 radical (unpaired) electrons. The molecule has 2 N–H and O–H groups in total. The van der Waals surface area contributed by atoms with Crippen molar-refractivity contribution in [3.8, 4) is 6.07 Å². The molecule has 1 aromatic rings. The maximum absolute atomic E-state index is 13.5. The Morgan fingerprint density at radius 1 is 1.30 bits per heavy atom. The van der Waals surface area contributed by atoms with Gasteiger partial charge in [-0.05, 0) is 50.3 Å². The van der Waals surface area contributed by atoms with E-state index >= 15 is 0 Å². The fraction of sp³-hybridized carbons (Fsp3) is 0.444. The first-order chi connectivity index (χ1) is 12.7. The number of amides is 4. The van der Waals surface area contributed by atoms with E-state index in [9.17, 15) is 28.4 Å². The van der Waals surface area contributed by atoms with Crippen molar-refractivity contribution in [3.05, 3.63) is 35.4 Å². The lowest BCUT2D eigenvalue weighted by Crippen LogP contribution is -2.50. The number of rotatable bonds is 4. The third kappa shape index (κ3) is 3.23. The molecule has 1 aromatic carbocycles. The van der Waals surface area contributed by atoms with Gasteiger partial charge in [0.25, 0.3) is 5.91 Å². The standard InChI is InChI=1S/C18H18F2N4O3/c1-17(11-4-5-12(19)13(20)8-11)15(26)24(16(27)23-17)9-14(25)22-18(10-21)6-2-3-7-18/h4-5,8H,2-3,6-7,9H2,1H3,(H,22,25)(H,23,27)/t17-/m1/s1. The van der Waals surface area contributed by atoms with Crippen LogP contribution in [0.3, 0.4) is 0 Å². The summed E-state index contributed by atoms with van der Waals surface area (Å²) in [5.41, 5.74) is -2.53. The lowest BCUT2D eigenvalue weighted by Gasteiger charge is -2.24. The molecule has 142 valence electrons. The van der Waals surface area contributed by atoms with E-state index < -0.39 is 47.1 Å². The first-order valence-electron chi connectivity index (χ1n) is 8.53. The molecular formula is C18H18F2N4O3. The van der Waals surface area contributed by atoms with Crippen LogP contribution in [0, 0.1) is 23.0 Å². The molecule has 1 aliphatic heterocycles. The summed E-state index contributed by atoms with van der Waals surface area (Å²) in [6.07, 6.45) is 2.65. The maximum Gasteiger partial charge on any atom is 0.325 e. The Labute approximate surface area is 154 Å². The molecule has 1 saturated heterocycles. The second-order valence-corrected chi connectivity index (χ2v) is 7.02. The van der Waals surface area contributed by atoms with Gasteiger partial charge in [0.1, 0.15) is 17.6 Å². The second kappa shape index (κ2) is 6.61. The highest BCUT2D eigenvalue weighted by Gasteiger charge is 2.50. The van der Waals surface area contributed by atoms with Crippen LogP contribution in [0.2, 0.25) is 0 Å². The smallest absolute Gasteiger partial charge is 0.325 e. The van der Waals surface area contributed by atoms with Crippen LogP contribution in [0.5, 0.6) is 0 Å². The van der Waals surface area contributed by atoms with Crippen LogP contribution in [0.15, 0.2) is 18.2 Å². The molecule has 7 nitrogen and oxygen atoms in total. The minimum atomic E-state index is -1.62. The van der Waals surface area contributed by atoms with Crippen LogP contribution in [0.25, 0.3) is 0 Å². The topological polar surface area (TPSA) is 102 Å². The van der Waals surface area contributed by atoms with Crippen molar-refractivity contribution in [2.75, 3.05) is 6.54 Å². The monoisotopic (exact) mass is 376 g/mol. The summed E-state index contributed by atoms with van der Waals surface area (Å²) >= 11 is 0. The molecule has 1 aliphatic carbocycles. The van der Waals surface area contributed by atoms with E-state index in [4.69, 9.17) is 0 Å². The van der Waals surface area contributed by atoms with Crippen LogP contribution in [0.4, 0.5) is 13.6 Å². The maximum atomic E-state index is 13.5. The average Bonchev–Trinajstić information content (AvgIpc) is 3.17. The van der Waals surface area contributed by atoms with Crippen molar-refractivity contribution in [3.63, 3.8) is 0 Å². The van der Waals surface area contributed by atoms with E-state index in [-0.39, 0.29) is 5.56 Å². The lowest BCUT2D eigenvalue weighted by molar-refractivity contribution is -0.135. The van der Waals surface area contributed by atoms with E-state index in [2.05, 4.69) is 16.7 Å². The predicted molar refractivity (Wildman–Crippen MR) is 88.9 cm³/mol. The molecule has 27 heavy (non-hydrogen) atoms. The number of nitrogens with zero attached hydrogens (tertiary/aromatic N) is 2. The molecule has 0 aromatic heterocycles. The zero-order valence-electron chi connectivity index (χ0n) is 14.6. The van der Waals surface area contributed by atoms with Crippen LogP contribution in [-0.2, 0) is 15.1 Å². The van der Waals surface area contributed by atoms with Gasteiger partial charge >= 0.3 is 6.03 Å². The van der Waals surface area contributed by atoms with Crippen molar-refractivity contribution in [2.24, 2.45) is 0 Å². The zero-order chi connectivity index (χ0) is 19.8. The molecule has 4 amide bonds. The van der Waals surface area contributed by atoms with Crippen LogP contribution >= 0.6 is 0 Å². The number of urea groups is 1. The minimum absolute atomic E-state index is 0.0620. The van der Waals surface area contributed by atoms with E-state index in [1.807, 2.05) is 0 Å². The van der Waals surface area contributed by atoms with Crippen LogP contribution < -0.4 is 10.6 Å². The fourth-order valence-corrected chi connectivity index (χ4v) is 3.54. The van der Waals surface area contributed by atoms with Gasteiger partial charge in [0.15, 0.2) is 11.6 Å². The van der Waals surface area contributed by atoms with Crippen LogP contribution in [0.1, 0.15) is 38.2 Å². The Morgan fingerprint density at radius 3 is 2.56 bits per heavy atom. The normalized spacial score (nSPS) is 23.9.